The molecule has 0 fully saturated rings. The van der Waals surface area contributed by atoms with Gasteiger partial charge in [-0.15, -0.1) is 0 Å². The van der Waals surface area contributed by atoms with Crippen LogP contribution in [-0.4, -0.2) is 22.7 Å². The number of carbonyl (C=O) groups excluding carboxylic acids is 1. The predicted octanol–water partition coefficient (Wildman–Crippen LogP) is 5.10. The Morgan fingerprint density at radius 1 is 1.14 bits per heavy atom. The first-order chi connectivity index (χ1) is 12.9. The third-order valence-corrected chi connectivity index (χ3v) is 4.58. The number of aromatic nitrogens is 1. The lowest BCUT2D eigenvalue weighted by atomic mass is 9.77. The van der Waals surface area contributed by atoms with Crippen LogP contribution in [0.1, 0.15) is 71.2 Å². The fourth-order valence-electron chi connectivity index (χ4n) is 3.09. The minimum Gasteiger partial charge on any atom is -0.507 e. The summed E-state index contributed by atoms with van der Waals surface area (Å²) in [5.41, 5.74) is 2.52. The third kappa shape index (κ3) is 5.03. The molecule has 5 nitrogen and oxygen atoms in total. The van der Waals surface area contributed by atoms with Crippen LogP contribution in [0, 0.1) is 0 Å². The fraction of sp³-hybridized carbons (Fsp3) is 0.478. The van der Waals surface area contributed by atoms with E-state index in [0.29, 0.717) is 6.61 Å². The topological polar surface area (TPSA) is 71.5 Å². The SMILES string of the molecule is CCOC(=O)C(Nc1cccnc1)c1cc(C(C)(C)C)c(O)c(C(C)(C)C)c1. The van der Waals surface area contributed by atoms with E-state index in [2.05, 4.69) is 10.3 Å². The average molecular weight is 385 g/mol. The highest BCUT2D eigenvalue weighted by atomic mass is 16.5. The highest BCUT2D eigenvalue weighted by Crippen LogP contribution is 2.41. The van der Waals surface area contributed by atoms with Crippen LogP contribution < -0.4 is 5.32 Å². The van der Waals surface area contributed by atoms with Crippen molar-refractivity contribution >= 4 is 11.7 Å². The second kappa shape index (κ2) is 8.21. The lowest BCUT2D eigenvalue weighted by molar-refractivity contribution is -0.144. The van der Waals surface area contributed by atoms with Gasteiger partial charge in [0.05, 0.1) is 12.3 Å². The molecule has 0 aliphatic carbocycles. The highest BCUT2D eigenvalue weighted by Gasteiger charge is 2.30. The van der Waals surface area contributed by atoms with Crippen molar-refractivity contribution in [3.05, 3.63) is 53.3 Å². The summed E-state index contributed by atoms with van der Waals surface area (Å²) >= 11 is 0. The number of phenolic OH excluding ortho intramolecular Hbond substituents is 1. The van der Waals surface area contributed by atoms with Gasteiger partial charge in [0.2, 0.25) is 0 Å². The number of pyridine rings is 1. The zero-order valence-corrected chi connectivity index (χ0v) is 18.0. The Morgan fingerprint density at radius 3 is 2.14 bits per heavy atom. The quantitative estimate of drug-likeness (QED) is 0.702. The molecule has 1 atom stereocenters. The number of rotatable bonds is 5. The molecule has 0 aliphatic rings. The first kappa shape index (κ1) is 21.7. The summed E-state index contributed by atoms with van der Waals surface area (Å²) in [4.78, 5) is 16.9. The van der Waals surface area contributed by atoms with Gasteiger partial charge in [0.1, 0.15) is 5.75 Å². The Morgan fingerprint density at radius 2 is 1.71 bits per heavy atom. The minimum absolute atomic E-state index is 0.284. The fourth-order valence-corrected chi connectivity index (χ4v) is 3.09. The molecule has 152 valence electrons. The lowest BCUT2D eigenvalue weighted by Crippen LogP contribution is -2.25. The van der Waals surface area contributed by atoms with Gasteiger partial charge in [-0.05, 0) is 58.7 Å². The van der Waals surface area contributed by atoms with Crippen molar-refractivity contribution < 1.29 is 14.6 Å². The minimum atomic E-state index is -0.702. The van der Waals surface area contributed by atoms with Crippen LogP contribution in [0.25, 0.3) is 0 Å². The summed E-state index contributed by atoms with van der Waals surface area (Å²) in [6.45, 7) is 14.4. The molecule has 0 saturated heterocycles. The standard InChI is InChI=1S/C23H32N2O3/c1-8-28-21(27)19(25-16-10-9-11-24-14-16)15-12-17(22(2,3)4)20(26)18(13-15)23(5,6)7/h9-14,19,25-26H,8H2,1-7H3. The van der Waals surface area contributed by atoms with Crippen LogP contribution in [0.5, 0.6) is 5.75 Å². The molecule has 0 saturated carbocycles. The van der Waals surface area contributed by atoms with Gasteiger partial charge in [-0.1, -0.05) is 41.5 Å². The number of carbonyl (C=O) groups is 1. The van der Waals surface area contributed by atoms with E-state index in [-0.39, 0.29) is 22.5 Å². The molecule has 2 aromatic rings. The van der Waals surface area contributed by atoms with E-state index in [1.165, 1.54) is 0 Å². The van der Waals surface area contributed by atoms with Crippen molar-refractivity contribution in [2.45, 2.75) is 65.3 Å². The van der Waals surface area contributed by atoms with Gasteiger partial charge in [-0.3, -0.25) is 4.98 Å². The van der Waals surface area contributed by atoms with Gasteiger partial charge >= 0.3 is 5.97 Å². The Kier molecular flexibility index (Phi) is 6.37. The molecule has 1 aromatic carbocycles. The number of anilines is 1. The largest absolute Gasteiger partial charge is 0.507 e. The maximum atomic E-state index is 12.8. The summed E-state index contributed by atoms with van der Waals surface area (Å²) in [6, 6.07) is 6.76. The van der Waals surface area contributed by atoms with E-state index in [1.54, 1.807) is 19.3 Å². The maximum absolute atomic E-state index is 12.8. The Hall–Kier alpha value is -2.56. The zero-order chi connectivity index (χ0) is 21.1. The number of nitrogens with one attached hydrogen (secondary N) is 1. The van der Waals surface area contributed by atoms with Crippen LogP contribution in [0.3, 0.4) is 0 Å². The van der Waals surface area contributed by atoms with Gasteiger partial charge in [0, 0.05) is 12.4 Å². The smallest absolute Gasteiger partial charge is 0.333 e. The molecule has 1 aromatic heterocycles. The summed E-state index contributed by atoms with van der Waals surface area (Å²) in [6.07, 6.45) is 3.35. The van der Waals surface area contributed by atoms with Crippen molar-refractivity contribution in [2.75, 3.05) is 11.9 Å². The van der Waals surface area contributed by atoms with E-state index in [1.807, 2.05) is 65.8 Å². The van der Waals surface area contributed by atoms with Crippen molar-refractivity contribution in [3.8, 4) is 5.75 Å². The van der Waals surface area contributed by atoms with Crippen molar-refractivity contribution in [1.29, 1.82) is 0 Å². The van der Waals surface area contributed by atoms with E-state index in [4.69, 9.17) is 4.74 Å². The maximum Gasteiger partial charge on any atom is 0.333 e. The number of ether oxygens (including phenoxy) is 1. The molecule has 0 amide bonds. The summed E-state index contributed by atoms with van der Waals surface area (Å²) < 4.78 is 5.33. The molecule has 0 spiro atoms. The van der Waals surface area contributed by atoms with E-state index < -0.39 is 6.04 Å². The monoisotopic (exact) mass is 384 g/mol. The van der Waals surface area contributed by atoms with Crippen LogP contribution >= 0.6 is 0 Å². The molecular formula is C23H32N2O3. The third-order valence-electron chi connectivity index (χ3n) is 4.58. The molecule has 0 aliphatic heterocycles. The van der Waals surface area contributed by atoms with Crippen molar-refractivity contribution in [1.82, 2.24) is 4.98 Å². The van der Waals surface area contributed by atoms with E-state index in [9.17, 15) is 9.90 Å². The van der Waals surface area contributed by atoms with Gasteiger partial charge in [-0.2, -0.15) is 0 Å². The molecule has 1 unspecified atom stereocenters. The number of nitrogens with zero attached hydrogens (tertiary/aromatic N) is 1. The Labute approximate surface area is 168 Å². The van der Waals surface area contributed by atoms with E-state index >= 15 is 0 Å². The first-order valence-electron chi connectivity index (χ1n) is 9.66. The van der Waals surface area contributed by atoms with E-state index in [0.717, 1.165) is 22.4 Å². The second-order valence-electron chi connectivity index (χ2n) is 9.04. The Bertz CT molecular complexity index is 783. The van der Waals surface area contributed by atoms with Crippen LogP contribution in [0.4, 0.5) is 5.69 Å². The second-order valence-corrected chi connectivity index (χ2v) is 9.04. The van der Waals surface area contributed by atoms with Crippen molar-refractivity contribution in [2.24, 2.45) is 0 Å². The van der Waals surface area contributed by atoms with Crippen molar-refractivity contribution in [3.63, 3.8) is 0 Å². The molecule has 0 bridgehead atoms. The number of benzene rings is 1. The molecule has 1 heterocycles. The van der Waals surface area contributed by atoms with Gasteiger partial charge < -0.3 is 15.2 Å². The van der Waals surface area contributed by atoms with Gasteiger partial charge in [0.25, 0.3) is 0 Å². The van der Waals surface area contributed by atoms with Gasteiger partial charge in [-0.25, -0.2) is 4.79 Å². The number of hydrogen-bond donors (Lipinski definition) is 2. The van der Waals surface area contributed by atoms with Crippen LogP contribution in [0.2, 0.25) is 0 Å². The normalized spacial score (nSPS) is 13.1. The summed E-state index contributed by atoms with van der Waals surface area (Å²) in [5, 5.41) is 14.2. The number of hydrogen-bond acceptors (Lipinski definition) is 5. The molecule has 5 heteroatoms. The molecule has 2 N–H and O–H groups in total. The first-order valence-corrected chi connectivity index (χ1v) is 9.66. The van der Waals surface area contributed by atoms with Crippen LogP contribution in [-0.2, 0) is 20.4 Å². The van der Waals surface area contributed by atoms with Crippen LogP contribution in [0.15, 0.2) is 36.7 Å². The predicted molar refractivity (Wildman–Crippen MR) is 113 cm³/mol. The molecule has 0 radical (unpaired) electrons. The number of phenols is 1. The Balaban J connectivity index is 2.65. The molecule has 28 heavy (non-hydrogen) atoms. The average Bonchev–Trinajstić information content (AvgIpc) is 2.59. The summed E-state index contributed by atoms with van der Waals surface area (Å²) in [7, 11) is 0. The van der Waals surface area contributed by atoms with Gasteiger partial charge in [0.15, 0.2) is 6.04 Å². The zero-order valence-electron chi connectivity index (χ0n) is 18.0. The number of aromatic hydroxyl groups is 1. The highest BCUT2D eigenvalue weighted by molar-refractivity contribution is 5.81. The number of esters is 1. The summed E-state index contributed by atoms with van der Waals surface area (Å²) in [5.74, 6) is -0.0792. The molecular weight excluding hydrogens is 352 g/mol. The lowest BCUT2D eigenvalue weighted by Gasteiger charge is -2.30. The molecule has 2 rings (SSSR count).